The van der Waals surface area contributed by atoms with Crippen molar-refractivity contribution < 1.29 is 4.74 Å². The van der Waals surface area contributed by atoms with Gasteiger partial charge in [-0.2, -0.15) is 0 Å². The Hall–Kier alpha value is -0.770. The minimum atomic E-state index is 0.188. The van der Waals surface area contributed by atoms with E-state index in [1.807, 2.05) is 25.1 Å². The molecule has 0 saturated heterocycles. The summed E-state index contributed by atoms with van der Waals surface area (Å²) >= 11 is 6.02. The Morgan fingerprint density at radius 2 is 2.21 bits per heavy atom. The maximum atomic E-state index is 6.02. The highest BCUT2D eigenvalue weighted by molar-refractivity contribution is 6.33. The monoisotopic (exact) mass is 282 g/mol. The zero-order valence-corrected chi connectivity index (χ0v) is 12.6. The minimum Gasteiger partial charge on any atom is -0.398 e. The number of rotatable bonds is 5. The number of ether oxygens (including phenoxy) is 1. The second kappa shape index (κ2) is 5.70. The zero-order chi connectivity index (χ0) is 14.0. The van der Waals surface area contributed by atoms with Crippen LogP contribution in [0.4, 0.5) is 5.69 Å². The lowest BCUT2D eigenvalue weighted by atomic mass is 9.64. The fourth-order valence-electron chi connectivity index (χ4n) is 2.64. The molecule has 2 atom stereocenters. The fraction of sp³-hybridized carbons (Fsp3) is 0.600. The smallest absolute Gasteiger partial charge is 0.0655 e. The summed E-state index contributed by atoms with van der Waals surface area (Å²) in [4.78, 5) is 0. The number of benzene rings is 1. The first-order valence-corrected chi connectivity index (χ1v) is 7.21. The van der Waals surface area contributed by atoms with Crippen molar-refractivity contribution in [2.75, 3.05) is 12.3 Å². The van der Waals surface area contributed by atoms with Crippen molar-refractivity contribution in [2.24, 2.45) is 5.41 Å². The van der Waals surface area contributed by atoms with Crippen LogP contribution in [0, 0.1) is 5.41 Å². The van der Waals surface area contributed by atoms with E-state index in [2.05, 4.69) is 19.2 Å². The van der Waals surface area contributed by atoms with Crippen molar-refractivity contribution in [3.8, 4) is 0 Å². The molecule has 0 amide bonds. The second-order valence-electron chi connectivity index (χ2n) is 5.79. The average Bonchev–Trinajstić information content (AvgIpc) is 2.37. The maximum absolute atomic E-state index is 6.02. The number of halogens is 1. The van der Waals surface area contributed by atoms with Gasteiger partial charge < -0.3 is 15.8 Å². The van der Waals surface area contributed by atoms with E-state index in [9.17, 15) is 0 Å². The van der Waals surface area contributed by atoms with Crippen molar-refractivity contribution in [1.29, 1.82) is 0 Å². The topological polar surface area (TPSA) is 47.3 Å². The van der Waals surface area contributed by atoms with Crippen LogP contribution < -0.4 is 11.1 Å². The van der Waals surface area contributed by atoms with Crippen LogP contribution in [0.3, 0.4) is 0 Å². The molecule has 4 heteroatoms. The normalized spacial score (nSPS) is 25.1. The van der Waals surface area contributed by atoms with Gasteiger partial charge in [0.25, 0.3) is 0 Å². The predicted molar refractivity (Wildman–Crippen MR) is 80.3 cm³/mol. The third-order valence-corrected chi connectivity index (χ3v) is 4.49. The van der Waals surface area contributed by atoms with E-state index in [1.165, 1.54) is 0 Å². The third-order valence-electron chi connectivity index (χ3n) is 4.16. The quantitative estimate of drug-likeness (QED) is 0.815. The van der Waals surface area contributed by atoms with Gasteiger partial charge in [0.15, 0.2) is 0 Å². The summed E-state index contributed by atoms with van der Waals surface area (Å²) in [5, 5.41) is 4.21. The minimum absolute atomic E-state index is 0.188. The summed E-state index contributed by atoms with van der Waals surface area (Å²) in [5.74, 6) is 0. The molecule has 106 valence electrons. The first-order valence-electron chi connectivity index (χ1n) is 6.84. The van der Waals surface area contributed by atoms with Gasteiger partial charge in [0, 0.05) is 24.6 Å². The SMILES string of the molecule is CCOC1CC(NCc2ccc(N)c(Cl)c2)C1(C)C. The van der Waals surface area contributed by atoms with E-state index in [0.29, 0.717) is 22.9 Å². The van der Waals surface area contributed by atoms with Gasteiger partial charge in [-0.3, -0.25) is 0 Å². The molecule has 0 aromatic heterocycles. The number of anilines is 1. The molecule has 2 rings (SSSR count). The molecule has 0 radical (unpaired) electrons. The van der Waals surface area contributed by atoms with Crippen LogP contribution in [0.1, 0.15) is 32.8 Å². The molecule has 0 aliphatic heterocycles. The van der Waals surface area contributed by atoms with Gasteiger partial charge in [0.1, 0.15) is 0 Å². The van der Waals surface area contributed by atoms with E-state index in [-0.39, 0.29) is 5.41 Å². The lowest BCUT2D eigenvalue weighted by Gasteiger charge is -2.52. The Morgan fingerprint density at radius 3 is 2.79 bits per heavy atom. The van der Waals surface area contributed by atoms with Crippen molar-refractivity contribution in [2.45, 2.75) is 45.9 Å². The Kier molecular flexibility index (Phi) is 4.39. The Bertz CT molecular complexity index is 448. The summed E-state index contributed by atoms with van der Waals surface area (Å²) in [6, 6.07) is 6.28. The summed E-state index contributed by atoms with van der Waals surface area (Å²) in [6.07, 6.45) is 1.44. The highest BCUT2D eigenvalue weighted by atomic mass is 35.5. The first-order chi connectivity index (χ1) is 8.95. The Balaban J connectivity index is 1.88. The number of hydrogen-bond donors (Lipinski definition) is 2. The van der Waals surface area contributed by atoms with E-state index < -0.39 is 0 Å². The summed E-state index contributed by atoms with van der Waals surface area (Å²) in [6.45, 7) is 8.16. The van der Waals surface area contributed by atoms with Crippen molar-refractivity contribution in [3.63, 3.8) is 0 Å². The van der Waals surface area contributed by atoms with Crippen molar-refractivity contribution >= 4 is 17.3 Å². The van der Waals surface area contributed by atoms with E-state index in [0.717, 1.165) is 25.1 Å². The number of nitrogen functional groups attached to an aromatic ring is 1. The fourth-order valence-corrected chi connectivity index (χ4v) is 2.84. The maximum Gasteiger partial charge on any atom is 0.0655 e. The van der Waals surface area contributed by atoms with Crippen molar-refractivity contribution in [3.05, 3.63) is 28.8 Å². The third kappa shape index (κ3) is 3.04. The lowest BCUT2D eigenvalue weighted by molar-refractivity contribution is -0.114. The van der Waals surface area contributed by atoms with Crippen LogP contribution in [0.5, 0.6) is 0 Å². The van der Waals surface area contributed by atoms with Gasteiger partial charge in [-0.25, -0.2) is 0 Å². The van der Waals surface area contributed by atoms with Crippen LogP contribution in [0.25, 0.3) is 0 Å². The molecule has 19 heavy (non-hydrogen) atoms. The van der Waals surface area contributed by atoms with Crippen LogP contribution in [-0.4, -0.2) is 18.8 Å². The molecule has 0 heterocycles. The molecule has 2 unspecified atom stereocenters. The molecular formula is C15H23ClN2O. The Labute approximate surface area is 120 Å². The molecule has 1 fully saturated rings. The summed E-state index contributed by atoms with van der Waals surface area (Å²) in [5.41, 5.74) is 7.69. The van der Waals surface area contributed by atoms with Crippen LogP contribution in [0.15, 0.2) is 18.2 Å². The molecule has 1 saturated carbocycles. The number of nitrogens with two attached hydrogens (primary N) is 1. The van der Waals surface area contributed by atoms with Crippen LogP contribution in [0.2, 0.25) is 5.02 Å². The number of nitrogens with one attached hydrogen (secondary N) is 1. The summed E-state index contributed by atoms with van der Waals surface area (Å²) < 4.78 is 5.73. The highest BCUT2D eigenvalue weighted by Gasteiger charge is 2.48. The molecule has 1 aromatic rings. The molecule has 3 N–H and O–H groups in total. The molecule has 1 aliphatic rings. The van der Waals surface area contributed by atoms with E-state index in [4.69, 9.17) is 22.1 Å². The van der Waals surface area contributed by atoms with Gasteiger partial charge in [-0.1, -0.05) is 31.5 Å². The average molecular weight is 283 g/mol. The van der Waals surface area contributed by atoms with Crippen LogP contribution >= 0.6 is 11.6 Å². The molecule has 1 aliphatic carbocycles. The van der Waals surface area contributed by atoms with Crippen LogP contribution in [-0.2, 0) is 11.3 Å². The van der Waals surface area contributed by atoms with Crippen molar-refractivity contribution in [1.82, 2.24) is 5.32 Å². The standard InChI is InChI=1S/C15H23ClN2O/c1-4-19-14-8-13(15(14,2)3)18-9-10-5-6-12(17)11(16)7-10/h5-7,13-14,18H,4,8-9,17H2,1-3H3. The molecule has 0 spiro atoms. The molecule has 0 bridgehead atoms. The van der Waals surface area contributed by atoms with E-state index >= 15 is 0 Å². The predicted octanol–water partition coefficient (Wildman–Crippen LogP) is 3.22. The van der Waals surface area contributed by atoms with Gasteiger partial charge in [0.05, 0.1) is 16.8 Å². The molecule has 3 nitrogen and oxygen atoms in total. The van der Waals surface area contributed by atoms with Gasteiger partial charge in [-0.15, -0.1) is 0 Å². The van der Waals surface area contributed by atoms with Gasteiger partial charge in [0.2, 0.25) is 0 Å². The van der Waals surface area contributed by atoms with Gasteiger partial charge >= 0.3 is 0 Å². The van der Waals surface area contributed by atoms with Gasteiger partial charge in [-0.05, 0) is 31.0 Å². The second-order valence-corrected chi connectivity index (χ2v) is 6.20. The zero-order valence-electron chi connectivity index (χ0n) is 11.9. The molecular weight excluding hydrogens is 260 g/mol. The summed E-state index contributed by atoms with van der Waals surface area (Å²) in [7, 11) is 0. The first kappa shape index (κ1) is 14.6. The largest absolute Gasteiger partial charge is 0.398 e. The highest BCUT2D eigenvalue weighted by Crippen LogP contribution is 2.42. The number of hydrogen-bond acceptors (Lipinski definition) is 3. The van der Waals surface area contributed by atoms with E-state index in [1.54, 1.807) is 0 Å². The molecule has 1 aromatic carbocycles. The lowest BCUT2D eigenvalue weighted by Crippen LogP contribution is -2.60. The Morgan fingerprint density at radius 1 is 1.47 bits per heavy atom.